The molecule has 3 nitrogen and oxygen atoms in total. The Morgan fingerprint density at radius 1 is 1.62 bits per heavy atom. The number of allylic oxidation sites excluding steroid dienone is 1. The molecular formula is C10H8N2O. The number of aromatic nitrogens is 1. The highest BCUT2D eigenvalue weighted by molar-refractivity contribution is 5.80. The second-order valence-electron chi connectivity index (χ2n) is 2.36. The van der Waals surface area contributed by atoms with E-state index >= 15 is 0 Å². The monoisotopic (exact) mass is 172 g/mol. The molecule has 64 valence electrons. The van der Waals surface area contributed by atoms with Crippen molar-refractivity contribution < 1.29 is 4.79 Å². The Hall–Kier alpha value is -1.95. The molecule has 0 N–H and O–H groups in total. The molecule has 0 unspecified atom stereocenters. The van der Waals surface area contributed by atoms with Gasteiger partial charge in [0.1, 0.15) is 0 Å². The van der Waals surface area contributed by atoms with E-state index in [1.54, 1.807) is 30.5 Å². The first-order valence-corrected chi connectivity index (χ1v) is 3.82. The Bertz CT molecular complexity index is 363. The van der Waals surface area contributed by atoms with Crippen LogP contribution < -0.4 is 0 Å². The zero-order chi connectivity index (χ0) is 9.52. The summed E-state index contributed by atoms with van der Waals surface area (Å²) in [5, 5.41) is 8.28. The van der Waals surface area contributed by atoms with E-state index < -0.39 is 0 Å². The minimum atomic E-state index is 0.328. The number of carbonyl (C=O) groups is 1. The highest BCUT2D eigenvalue weighted by Crippen LogP contribution is 2.04. The first kappa shape index (κ1) is 9.14. The molecule has 0 bridgehead atoms. The van der Waals surface area contributed by atoms with Gasteiger partial charge in [-0.25, -0.2) is 0 Å². The number of pyridine rings is 1. The molecule has 1 rings (SSSR count). The minimum Gasteiger partial charge on any atom is -0.298 e. The van der Waals surface area contributed by atoms with E-state index in [0.29, 0.717) is 17.7 Å². The SMILES string of the molecule is N#CCC=Cc1ncccc1C=O. The van der Waals surface area contributed by atoms with E-state index in [-0.39, 0.29) is 0 Å². The predicted molar refractivity (Wildman–Crippen MR) is 48.9 cm³/mol. The predicted octanol–water partition coefficient (Wildman–Crippen LogP) is 1.82. The van der Waals surface area contributed by atoms with Crippen LogP contribution in [0.3, 0.4) is 0 Å². The van der Waals surface area contributed by atoms with Crippen molar-refractivity contribution in [2.45, 2.75) is 6.42 Å². The van der Waals surface area contributed by atoms with E-state index in [2.05, 4.69) is 4.98 Å². The molecule has 0 aliphatic carbocycles. The standard InChI is InChI=1S/C10H8N2O/c11-6-2-1-5-10-9(8-13)4-3-7-12-10/h1,3-5,7-8H,2H2. The van der Waals surface area contributed by atoms with Crippen molar-refractivity contribution in [1.82, 2.24) is 4.98 Å². The number of aldehydes is 1. The van der Waals surface area contributed by atoms with Crippen LogP contribution in [-0.2, 0) is 0 Å². The van der Waals surface area contributed by atoms with Crippen LogP contribution >= 0.6 is 0 Å². The number of carbonyl (C=O) groups excluding carboxylic acids is 1. The summed E-state index contributed by atoms with van der Waals surface area (Å²) in [5.41, 5.74) is 1.14. The number of hydrogen-bond donors (Lipinski definition) is 0. The molecule has 0 fully saturated rings. The molecule has 0 aliphatic heterocycles. The fourth-order valence-electron chi connectivity index (χ4n) is 0.892. The molecular weight excluding hydrogens is 164 g/mol. The molecule has 0 saturated heterocycles. The lowest BCUT2D eigenvalue weighted by Crippen LogP contribution is -1.88. The summed E-state index contributed by atoms with van der Waals surface area (Å²) in [6.45, 7) is 0. The van der Waals surface area contributed by atoms with Gasteiger partial charge < -0.3 is 0 Å². The van der Waals surface area contributed by atoms with Crippen LogP contribution in [0.5, 0.6) is 0 Å². The van der Waals surface area contributed by atoms with Crippen LogP contribution in [0.4, 0.5) is 0 Å². The second-order valence-corrected chi connectivity index (χ2v) is 2.36. The maximum atomic E-state index is 10.5. The Kier molecular flexibility index (Phi) is 3.40. The van der Waals surface area contributed by atoms with Gasteiger partial charge in [0, 0.05) is 11.8 Å². The second kappa shape index (κ2) is 4.83. The summed E-state index contributed by atoms with van der Waals surface area (Å²) in [4.78, 5) is 14.5. The zero-order valence-corrected chi connectivity index (χ0v) is 6.97. The molecule has 1 aromatic heterocycles. The van der Waals surface area contributed by atoms with Crippen molar-refractivity contribution in [2.75, 3.05) is 0 Å². The Morgan fingerprint density at radius 3 is 3.15 bits per heavy atom. The van der Waals surface area contributed by atoms with Crippen LogP contribution in [0, 0.1) is 11.3 Å². The van der Waals surface area contributed by atoms with Crippen molar-refractivity contribution in [3.05, 3.63) is 35.7 Å². The summed E-state index contributed by atoms with van der Waals surface area (Å²) >= 11 is 0. The van der Waals surface area contributed by atoms with Gasteiger partial charge in [-0.1, -0.05) is 6.08 Å². The van der Waals surface area contributed by atoms with E-state index in [1.165, 1.54) is 0 Å². The fourth-order valence-corrected chi connectivity index (χ4v) is 0.892. The van der Waals surface area contributed by atoms with Gasteiger partial charge >= 0.3 is 0 Å². The highest BCUT2D eigenvalue weighted by Gasteiger charge is 1.95. The van der Waals surface area contributed by atoms with E-state index in [0.717, 1.165) is 6.29 Å². The van der Waals surface area contributed by atoms with Gasteiger partial charge in [0.25, 0.3) is 0 Å². The molecule has 13 heavy (non-hydrogen) atoms. The van der Waals surface area contributed by atoms with E-state index in [1.807, 2.05) is 6.07 Å². The third-order valence-corrected chi connectivity index (χ3v) is 1.48. The van der Waals surface area contributed by atoms with E-state index in [4.69, 9.17) is 5.26 Å². The Balaban J connectivity index is 2.88. The normalized spacial score (nSPS) is 9.77. The maximum absolute atomic E-state index is 10.5. The maximum Gasteiger partial charge on any atom is 0.152 e. The third kappa shape index (κ3) is 2.53. The quantitative estimate of drug-likeness (QED) is 0.653. The number of nitriles is 1. The molecule has 0 aromatic carbocycles. The summed E-state index contributed by atoms with van der Waals surface area (Å²) < 4.78 is 0. The summed E-state index contributed by atoms with van der Waals surface area (Å²) in [7, 11) is 0. The van der Waals surface area contributed by atoms with Crippen molar-refractivity contribution in [3.63, 3.8) is 0 Å². The van der Waals surface area contributed by atoms with Crippen LogP contribution in [0.15, 0.2) is 24.4 Å². The smallest absolute Gasteiger partial charge is 0.152 e. The minimum absolute atomic E-state index is 0.328. The van der Waals surface area contributed by atoms with Gasteiger partial charge in [-0.2, -0.15) is 5.26 Å². The molecule has 1 aromatic rings. The molecule has 0 amide bonds. The Morgan fingerprint density at radius 2 is 2.46 bits per heavy atom. The van der Waals surface area contributed by atoms with E-state index in [9.17, 15) is 4.79 Å². The average molecular weight is 172 g/mol. The molecule has 0 aliphatic rings. The van der Waals surface area contributed by atoms with Crippen molar-refractivity contribution in [2.24, 2.45) is 0 Å². The summed E-state index contributed by atoms with van der Waals surface area (Å²) in [6, 6.07) is 5.36. The Labute approximate surface area is 76.3 Å². The number of hydrogen-bond acceptors (Lipinski definition) is 3. The third-order valence-electron chi connectivity index (χ3n) is 1.48. The summed E-state index contributed by atoms with van der Waals surface area (Å²) in [6.07, 6.45) is 6.04. The van der Waals surface area contributed by atoms with Crippen LogP contribution in [0.1, 0.15) is 22.5 Å². The lowest BCUT2D eigenvalue weighted by Gasteiger charge is -1.94. The van der Waals surface area contributed by atoms with Crippen molar-refractivity contribution in [1.29, 1.82) is 5.26 Å². The molecule has 0 spiro atoms. The van der Waals surface area contributed by atoms with Crippen molar-refractivity contribution >= 4 is 12.4 Å². The van der Waals surface area contributed by atoms with Gasteiger partial charge in [-0.3, -0.25) is 9.78 Å². The fraction of sp³-hybridized carbons (Fsp3) is 0.100. The number of nitrogens with zero attached hydrogens (tertiary/aromatic N) is 2. The highest BCUT2D eigenvalue weighted by atomic mass is 16.1. The van der Waals surface area contributed by atoms with Gasteiger partial charge in [-0.05, 0) is 18.2 Å². The summed E-state index contributed by atoms with van der Waals surface area (Å²) in [5.74, 6) is 0. The molecule has 3 heteroatoms. The molecule has 1 heterocycles. The van der Waals surface area contributed by atoms with Crippen LogP contribution in [0.2, 0.25) is 0 Å². The van der Waals surface area contributed by atoms with Crippen LogP contribution in [0.25, 0.3) is 6.08 Å². The topological polar surface area (TPSA) is 53.8 Å². The van der Waals surface area contributed by atoms with Gasteiger partial charge in [0.15, 0.2) is 6.29 Å². The zero-order valence-electron chi connectivity index (χ0n) is 6.97. The lowest BCUT2D eigenvalue weighted by molar-refractivity contribution is 0.112. The number of rotatable bonds is 3. The van der Waals surface area contributed by atoms with Gasteiger partial charge in [0.05, 0.1) is 18.2 Å². The van der Waals surface area contributed by atoms with Gasteiger partial charge in [-0.15, -0.1) is 0 Å². The largest absolute Gasteiger partial charge is 0.298 e. The molecule has 0 saturated carbocycles. The first-order chi connectivity index (χ1) is 6.38. The van der Waals surface area contributed by atoms with Crippen LogP contribution in [-0.4, -0.2) is 11.3 Å². The first-order valence-electron chi connectivity index (χ1n) is 3.82. The molecule has 0 radical (unpaired) electrons. The lowest BCUT2D eigenvalue weighted by atomic mass is 10.2. The molecule has 0 atom stereocenters. The van der Waals surface area contributed by atoms with Gasteiger partial charge in [0.2, 0.25) is 0 Å². The van der Waals surface area contributed by atoms with Crippen molar-refractivity contribution in [3.8, 4) is 6.07 Å². The average Bonchev–Trinajstić information content (AvgIpc) is 2.19.